The fourth-order valence-electron chi connectivity index (χ4n) is 5.04. The predicted octanol–water partition coefficient (Wildman–Crippen LogP) is 3.81. The number of hydrogen-bond donors (Lipinski definition) is 2. The molecule has 1 saturated heterocycles. The quantitative estimate of drug-likeness (QED) is 0.260. The Morgan fingerprint density at radius 3 is 2.64 bits per heavy atom. The highest BCUT2D eigenvalue weighted by Gasteiger charge is 2.34. The van der Waals surface area contributed by atoms with Crippen molar-refractivity contribution in [2.24, 2.45) is 0 Å². The van der Waals surface area contributed by atoms with Gasteiger partial charge in [0, 0.05) is 24.4 Å². The number of aromatic nitrogens is 3. The first-order valence-corrected chi connectivity index (χ1v) is 13.9. The molecule has 0 spiro atoms. The van der Waals surface area contributed by atoms with Gasteiger partial charge in [0.25, 0.3) is 0 Å². The number of hydrogen-bond acceptors (Lipinski definition) is 8. The van der Waals surface area contributed by atoms with Crippen LogP contribution in [0, 0.1) is 0 Å². The van der Waals surface area contributed by atoms with Gasteiger partial charge in [-0.15, -0.1) is 5.10 Å². The van der Waals surface area contributed by atoms with Crippen molar-refractivity contribution >= 4 is 34.3 Å². The number of amides is 2. The molecule has 2 heterocycles. The molecule has 0 saturated carbocycles. The second-order valence-corrected chi connectivity index (χ2v) is 10.0. The molecule has 3 aromatic carbocycles. The summed E-state index contributed by atoms with van der Waals surface area (Å²) in [5, 5.41) is 21.7. The zero-order chi connectivity index (χ0) is 29.6. The summed E-state index contributed by atoms with van der Waals surface area (Å²) in [6.45, 7) is 4.25. The van der Waals surface area contributed by atoms with Gasteiger partial charge in [-0.3, -0.25) is 19.3 Å². The van der Waals surface area contributed by atoms with Gasteiger partial charge in [-0.1, -0.05) is 23.4 Å². The van der Waals surface area contributed by atoms with Gasteiger partial charge in [-0.05, 0) is 80.8 Å². The molecule has 1 fully saturated rings. The monoisotopic (exact) mass is 571 g/mol. The summed E-state index contributed by atoms with van der Waals surface area (Å²) < 4.78 is 12.8. The van der Waals surface area contributed by atoms with Crippen LogP contribution in [0.1, 0.15) is 48.7 Å². The van der Waals surface area contributed by atoms with Crippen LogP contribution in [-0.4, -0.2) is 63.6 Å². The minimum atomic E-state index is -1.16. The molecule has 0 radical (unpaired) electrons. The number of Topliss-reactive ketones (excluding diaryl/α,β-unsaturated/α-hetero) is 1. The van der Waals surface area contributed by atoms with Crippen LogP contribution in [0.15, 0.2) is 66.7 Å². The summed E-state index contributed by atoms with van der Waals surface area (Å²) in [6, 6.07) is 17.2. The highest BCUT2D eigenvalue weighted by molar-refractivity contribution is 6.02. The fraction of sp³-hybridized carbons (Fsp3) is 0.323. The molecule has 11 heteroatoms. The second-order valence-electron chi connectivity index (χ2n) is 10.0. The van der Waals surface area contributed by atoms with Crippen LogP contribution in [0.3, 0.4) is 0 Å². The van der Waals surface area contributed by atoms with Gasteiger partial charge in [-0.2, -0.15) is 0 Å². The number of carbonyl (C=O) groups is 3. The summed E-state index contributed by atoms with van der Waals surface area (Å²) in [4.78, 5) is 41.6. The van der Waals surface area contributed by atoms with E-state index in [4.69, 9.17) is 9.47 Å². The third-order valence-corrected chi connectivity index (χ3v) is 7.16. The molecule has 2 N–H and O–H groups in total. The summed E-state index contributed by atoms with van der Waals surface area (Å²) in [7, 11) is 0. The third kappa shape index (κ3) is 6.26. The number of ether oxygens (including phenoxy) is 2. The Labute approximate surface area is 243 Å². The number of aromatic hydroxyl groups is 1. The molecule has 0 bridgehead atoms. The van der Waals surface area contributed by atoms with Gasteiger partial charge in [0.1, 0.15) is 18.1 Å². The smallest absolute Gasteiger partial charge is 0.249 e. The third-order valence-electron chi connectivity index (χ3n) is 7.16. The normalized spacial score (nSPS) is 15.3. The number of rotatable bonds is 11. The largest absolute Gasteiger partial charge is 0.504 e. The van der Waals surface area contributed by atoms with E-state index < -0.39 is 17.9 Å². The molecule has 42 heavy (non-hydrogen) atoms. The molecule has 5 rings (SSSR count). The summed E-state index contributed by atoms with van der Waals surface area (Å²) in [6.07, 6.45) is 1.63. The van der Waals surface area contributed by atoms with Gasteiger partial charge in [-0.25, -0.2) is 4.68 Å². The average Bonchev–Trinajstić information content (AvgIpc) is 3.66. The standard InChI is InChI=1S/C31H33N5O6/c1-3-41-28-17-22(12-15-27(28)38)30(31(40)32-18-24-7-6-16-42-24)36(23-13-10-21(11-14-23)20(2)37)29(39)19-35-26-9-5-4-8-25(26)33-34-35/h4-5,8-15,17,24,30,38H,3,6-7,16,18-19H2,1-2H3,(H,32,40)/t24-,30+/m0/s1. The first-order valence-electron chi connectivity index (χ1n) is 13.9. The Morgan fingerprint density at radius 2 is 1.93 bits per heavy atom. The van der Waals surface area contributed by atoms with E-state index in [9.17, 15) is 19.5 Å². The Balaban J connectivity index is 1.58. The lowest BCUT2D eigenvalue weighted by Crippen LogP contribution is -2.46. The van der Waals surface area contributed by atoms with Crippen LogP contribution in [0.25, 0.3) is 11.0 Å². The lowest BCUT2D eigenvalue weighted by atomic mass is 10.0. The van der Waals surface area contributed by atoms with Gasteiger partial charge in [0.2, 0.25) is 11.8 Å². The number of nitrogens with zero attached hydrogens (tertiary/aromatic N) is 4. The van der Waals surface area contributed by atoms with Crippen molar-refractivity contribution < 1.29 is 29.0 Å². The number of para-hydroxylation sites is 1. The van der Waals surface area contributed by atoms with Gasteiger partial charge < -0.3 is 19.9 Å². The summed E-state index contributed by atoms with van der Waals surface area (Å²) in [5.41, 5.74) is 2.59. The molecular formula is C31H33N5O6. The Bertz CT molecular complexity index is 1580. The Hall–Kier alpha value is -4.77. The van der Waals surface area contributed by atoms with Crippen LogP contribution in [0.2, 0.25) is 0 Å². The maximum Gasteiger partial charge on any atom is 0.249 e. The summed E-state index contributed by atoms with van der Waals surface area (Å²) >= 11 is 0. The molecule has 0 aliphatic carbocycles. The van der Waals surface area contributed by atoms with Crippen molar-refractivity contribution in [2.45, 2.75) is 45.4 Å². The molecule has 1 aromatic heterocycles. The number of benzene rings is 3. The van der Waals surface area contributed by atoms with E-state index in [1.807, 2.05) is 18.2 Å². The number of fused-ring (bicyclic) bond motifs is 1. The highest BCUT2D eigenvalue weighted by Crippen LogP contribution is 2.34. The lowest BCUT2D eigenvalue weighted by Gasteiger charge is -2.32. The first kappa shape index (κ1) is 28.7. The minimum absolute atomic E-state index is 0.0862. The van der Waals surface area contributed by atoms with E-state index in [0.717, 1.165) is 12.8 Å². The minimum Gasteiger partial charge on any atom is -0.504 e. The topological polar surface area (TPSA) is 136 Å². The van der Waals surface area contributed by atoms with Gasteiger partial charge >= 0.3 is 0 Å². The van der Waals surface area contributed by atoms with E-state index in [0.29, 0.717) is 41.1 Å². The van der Waals surface area contributed by atoms with Crippen LogP contribution < -0.4 is 15.0 Å². The lowest BCUT2D eigenvalue weighted by molar-refractivity contribution is -0.127. The molecule has 2 amide bonds. The number of phenols is 1. The van der Waals surface area contributed by atoms with Crippen molar-refractivity contribution in [1.29, 1.82) is 0 Å². The zero-order valence-electron chi connectivity index (χ0n) is 23.5. The second kappa shape index (κ2) is 12.8. The molecule has 4 aromatic rings. The van der Waals surface area contributed by atoms with Gasteiger partial charge in [0.05, 0.1) is 18.2 Å². The number of anilines is 1. The van der Waals surface area contributed by atoms with Crippen molar-refractivity contribution in [3.63, 3.8) is 0 Å². The molecule has 1 aliphatic heterocycles. The SMILES string of the molecule is CCOc1cc([C@H](C(=O)NC[C@@H]2CCCO2)N(C(=O)Cn2nnc3ccccc32)c2ccc(C(C)=O)cc2)ccc1O. The van der Waals surface area contributed by atoms with Crippen LogP contribution >= 0.6 is 0 Å². The van der Waals surface area contributed by atoms with Crippen molar-refractivity contribution in [2.75, 3.05) is 24.7 Å². The zero-order valence-corrected chi connectivity index (χ0v) is 23.5. The maximum absolute atomic E-state index is 14.2. The maximum atomic E-state index is 14.2. The summed E-state index contributed by atoms with van der Waals surface area (Å²) in [5.74, 6) is -0.903. The van der Waals surface area contributed by atoms with Crippen molar-refractivity contribution in [3.05, 3.63) is 77.9 Å². The first-order chi connectivity index (χ1) is 20.4. The van der Waals surface area contributed by atoms with E-state index >= 15 is 0 Å². The molecule has 1 aliphatic rings. The van der Waals surface area contributed by atoms with Crippen LogP contribution in [0.4, 0.5) is 5.69 Å². The van der Waals surface area contributed by atoms with E-state index in [-0.39, 0.29) is 36.5 Å². The van der Waals surface area contributed by atoms with Gasteiger partial charge in [0.15, 0.2) is 17.3 Å². The Morgan fingerprint density at radius 1 is 1.14 bits per heavy atom. The molecule has 218 valence electrons. The predicted molar refractivity (Wildman–Crippen MR) is 155 cm³/mol. The van der Waals surface area contributed by atoms with Crippen LogP contribution in [-0.2, 0) is 20.9 Å². The van der Waals surface area contributed by atoms with E-state index in [1.54, 1.807) is 49.4 Å². The number of carbonyl (C=O) groups excluding carboxylic acids is 3. The Kier molecular flexibility index (Phi) is 8.77. The molecule has 2 atom stereocenters. The molecular weight excluding hydrogens is 538 g/mol. The number of ketones is 1. The number of nitrogens with one attached hydrogen (secondary N) is 1. The van der Waals surface area contributed by atoms with E-state index in [2.05, 4.69) is 15.6 Å². The van der Waals surface area contributed by atoms with Crippen LogP contribution in [0.5, 0.6) is 11.5 Å². The van der Waals surface area contributed by atoms with Crippen molar-refractivity contribution in [3.8, 4) is 11.5 Å². The molecule has 0 unspecified atom stereocenters. The highest BCUT2D eigenvalue weighted by atomic mass is 16.5. The molecule has 11 nitrogen and oxygen atoms in total. The average molecular weight is 572 g/mol. The fourth-order valence-corrected chi connectivity index (χ4v) is 5.04. The van der Waals surface area contributed by atoms with Crippen molar-refractivity contribution in [1.82, 2.24) is 20.3 Å². The number of phenolic OH excluding ortho intramolecular Hbond substituents is 1. The van der Waals surface area contributed by atoms with E-state index in [1.165, 1.54) is 22.6 Å².